The Morgan fingerprint density at radius 1 is 1.07 bits per heavy atom. The van der Waals surface area contributed by atoms with E-state index in [1.54, 1.807) is 19.1 Å². The van der Waals surface area contributed by atoms with Crippen molar-refractivity contribution in [2.24, 2.45) is 7.05 Å². The van der Waals surface area contributed by atoms with Crippen LogP contribution >= 0.6 is 15.9 Å². The van der Waals surface area contributed by atoms with Gasteiger partial charge in [0.2, 0.25) is 0 Å². The molecular weight excluding hydrogens is 438 g/mol. The van der Waals surface area contributed by atoms with Gasteiger partial charge >= 0.3 is 15.7 Å². The van der Waals surface area contributed by atoms with Gasteiger partial charge in [-0.1, -0.05) is 17.7 Å². The standard InChI is InChI=1S/C18H16BrNO6S/c1-9-5-7-12(8-6-9)27(23,24)26-15-10(2)18(22)25-16-13(15)17(21)20(4)11(3)14(16)19/h5-8H,1-4H3. The number of fused-ring (bicyclic) bond motifs is 1. The zero-order chi connectivity index (χ0) is 20.1. The topological polar surface area (TPSA) is 95.6 Å². The van der Waals surface area contributed by atoms with Crippen LogP contribution in [0.2, 0.25) is 0 Å². The molecule has 0 unspecified atom stereocenters. The first-order valence-electron chi connectivity index (χ1n) is 7.88. The van der Waals surface area contributed by atoms with Gasteiger partial charge < -0.3 is 13.2 Å². The normalized spacial score (nSPS) is 11.7. The summed E-state index contributed by atoms with van der Waals surface area (Å²) in [7, 11) is -2.73. The third-order valence-electron chi connectivity index (χ3n) is 4.34. The van der Waals surface area contributed by atoms with E-state index in [4.69, 9.17) is 8.60 Å². The number of nitrogens with zero attached hydrogens (tertiary/aromatic N) is 1. The summed E-state index contributed by atoms with van der Waals surface area (Å²) in [6, 6.07) is 6.04. The molecule has 0 saturated heterocycles. The fourth-order valence-electron chi connectivity index (χ4n) is 2.55. The molecule has 9 heteroatoms. The molecule has 3 aromatic rings. The van der Waals surface area contributed by atoms with Crippen LogP contribution in [0.3, 0.4) is 0 Å². The lowest BCUT2D eigenvalue weighted by molar-refractivity contribution is 0.477. The summed E-state index contributed by atoms with van der Waals surface area (Å²) in [6.45, 7) is 4.83. The number of hydrogen-bond donors (Lipinski definition) is 0. The molecule has 1 aromatic carbocycles. The van der Waals surface area contributed by atoms with Gasteiger partial charge in [0.25, 0.3) is 5.56 Å². The minimum Gasteiger partial charge on any atom is -0.421 e. The second kappa shape index (κ2) is 6.65. The SMILES string of the molecule is Cc1ccc(S(=O)(=O)Oc2c(C)c(=O)oc3c(Br)c(C)n(C)c(=O)c23)cc1. The highest BCUT2D eigenvalue weighted by Gasteiger charge is 2.26. The average molecular weight is 454 g/mol. The Morgan fingerprint density at radius 3 is 2.26 bits per heavy atom. The number of hydrogen-bond acceptors (Lipinski definition) is 6. The molecule has 0 N–H and O–H groups in total. The Balaban J connectivity index is 2.34. The van der Waals surface area contributed by atoms with E-state index in [0.29, 0.717) is 10.2 Å². The van der Waals surface area contributed by atoms with Crippen LogP contribution in [0.5, 0.6) is 5.75 Å². The molecule has 142 valence electrons. The predicted molar refractivity (Wildman–Crippen MR) is 104 cm³/mol. The van der Waals surface area contributed by atoms with Crippen molar-refractivity contribution in [3.63, 3.8) is 0 Å². The first kappa shape index (κ1) is 19.4. The van der Waals surface area contributed by atoms with Crippen LogP contribution < -0.4 is 15.4 Å². The van der Waals surface area contributed by atoms with Gasteiger partial charge in [0.05, 0.1) is 10.0 Å². The zero-order valence-corrected chi connectivity index (χ0v) is 17.4. The lowest BCUT2D eigenvalue weighted by Gasteiger charge is -2.14. The molecule has 0 amide bonds. The first-order valence-corrected chi connectivity index (χ1v) is 10.1. The second-order valence-corrected chi connectivity index (χ2v) is 8.50. The lowest BCUT2D eigenvalue weighted by Crippen LogP contribution is -2.23. The van der Waals surface area contributed by atoms with Crippen LogP contribution in [0.4, 0.5) is 0 Å². The molecular formula is C18H16BrNO6S. The minimum absolute atomic E-state index is 0.0553. The average Bonchev–Trinajstić information content (AvgIpc) is 2.62. The third-order valence-corrected chi connectivity index (χ3v) is 6.51. The number of halogens is 1. The lowest BCUT2D eigenvalue weighted by atomic mass is 10.2. The maximum absolute atomic E-state index is 12.8. The van der Waals surface area contributed by atoms with Crippen molar-refractivity contribution in [2.45, 2.75) is 25.7 Å². The van der Waals surface area contributed by atoms with Crippen molar-refractivity contribution < 1.29 is 17.0 Å². The molecule has 3 rings (SSSR count). The number of benzene rings is 1. The smallest absolute Gasteiger partial charge is 0.343 e. The van der Waals surface area contributed by atoms with Gasteiger partial charge in [0.1, 0.15) is 10.3 Å². The van der Waals surface area contributed by atoms with Crippen molar-refractivity contribution >= 4 is 37.0 Å². The summed E-state index contributed by atoms with van der Waals surface area (Å²) >= 11 is 3.29. The van der Waals surface area contributed by atoms with E-state index in [9.17, 15) is 18.0 Å². The van der Waals surface area contributed by atoms with Crippen molar-refractivity contribution in [3.05, 3.63) is 66.3 Å². The summed E-state index contributed by atoms with van der Waals surface area (Å²) < 4.78 is 37.6. The molecule has 2 aromatic heterocycles. The molecule has 0 aliphatic rings. The first-order chi connectivity index (χ1) is 12.5. The molecule has 0 saturated carbocycles. The van der Waals surface area contributed by atoms with Gasteiger partial charge in [0.15, 0.2) is 11.3 Å². The van der Waals surface area contributed by atoms with Crippen LogP contribution in [-0.4, -0.2) is 13.0 Å². The highest BCUT2D eigenvalue weighted by Crippen LogP contribution is 2.32. The maximum Gasteiger partial charge on any atom is 0.343 e. The molecule has 0 fully saturated rings. The Hall–Kier alpha value is -2.39. The van der Waals surface area contributed by atoms with Crippen molar-refractivity contribution in [1.29, 1.82) is 0 Å². The van der Waals surface area contributed by atoms with Gasteiger partial charge in [-0.3, -0.25) is 4.79 Å². The second-order valence-electron chi connectivity index (χ2n) is 6.16. The maximum atomic E-state index is 12.8. The van der Waals surface area contributed by atoms with Crippen LogP contribution in [0.1, 0.15) is 16.8 Å². The Labute approximate surface area is 163 Å². The van der Waals surface area contributed by atoms with E-state index in [1.807, 2.05) is 6.92 Å². The Kier molecular flexibility index (Phi) is 4.77. The summed E-state index contributed by atoms with van der Waals surface area (Å²) in [5.41, 5.74) is -0.0842. The van der Waals surface area contributed by atoms with Gasteiger partial charge in [-0.15, -0.1) is 0 Å². The minimum atomic E-state index is -4.26. The highest BCUT2D eigenvalue weighted by atomic mass is 79.9. The molecule has 0 atom stereocenters. The van der Waals surface area contributed by atoms with Crippen molar-refractivity contribution in [3.8, 4) is 5.75 Å². The zero-order valence-electron chi connectivity index (χ0n) is 15.0. The summed E-state index contributed by atoms with van der Waals surface area (Å²) in [4.78, 5) is 24.9. The number of aromatic nitrogens is 1. The fourth-order valence-corrected chi connectivity index (χ4v) is 4.09. The summed E-state index contributed by atoms with van der Waals surface area (Å²) in [5, 5.41) is -0.122. The van der Waals surface area contributed by atoms with Crippen LogP contribution in [-0.2, 0) is 17.2 Å². The summed E-state index contributed by atoms with van der Waals surface area (Å²) in [6.07, 6.45) is 0. The fraction of sp³-hybridized carbons (Fsp3) is 0.222. The highest BCUT2D eigenvalue weighted by molar-refractivity contribution is 9.10. The third kappa shape index (κ3) is 3.21. The molecule has 0 aliphatic carbocycles. The van der Waals surface area contributed by atoms with E-state index in [2.05, 4.69) is 15.9 Å². The van der Waals surface area contributed by atoms with Gasteiger partial charge in [-0.05, 0) is 48.8 Å². The van der Waals surface area contributed by atoms with Crippen molar-refractivity contribution in [1.82, 2.24) is 4.57 Å². The van der Waals surface area contributed by atoms with E-state index in [-0.39, 0.29) is 27.2 Å². The molecule has 0 spiro atoms. The molecule has 7 nitrogen and oxygen atoms in total. The molecule has 2 heterocycles. The Morgan fingerprint density at radius 2 is 1.67 bits per heavy atom. The number of aryl methyl sites for hydroxylation is 1. The van der Waals surface area contributed by atoms with E-state index < -0.39 is 21.3 Å². The predicted octanol–water partition coefficient (Wildman–Crippen LogP) is 2.95. The number of pyridine rings is 1. The van der Waals surface area contributed by atoms with Gasteiger partial charge in [-0.25, -0.2) is 4.79 Å². The number of rotatable bonds is 3. The van der Waals surface area contributed by atoms with Crippen LogP contribution in [0, 0.1) is 20.8 Å². The monoisotopic (exact) mass is 453 g/mol. The van der Waals surface area contributed by atoms with Crippen LogP contribution in [0.25, 0.3) is 11.0 Å². The van der Waals surface area contributed by atoms with E-state index >= 15 is 0 Å². The van der Waals surface area contributed by atoms with Gasteiger partial charge in [0, 0.05) is 12.7 Å². The van der Waals surface area contributed by atoms with E-state index in [0.717, 1.165) is 5.56 Å². The molecule has 0 aliphatic heterocycles. The molecule has 0 radical (unpaired) electrons. The summed E-state index contributed by atoms with van der Waals surface area (Å²) in [5.74, 6) is -0.330. The molecule has 0 bridgehead atoms. The quantitative estimate of drug-likeness (QED) is 0.565. The van der Waals surface area contributed by atoms with Crippen molar-refractivity contribution in [2.75, 3.05) is 0 Å². The van der Waals surface area contributed by atoms with E-state index in [1.165, 1.54) is 30.7 Å². The Bertz CT molecular complexity index is 1290. The largest absolute Gasteiger partial charge is 0.421 e. The van der Waals surface area contributed by atoms with Crippen LogP contribution in [0.15, 0.2) is 47.6 Å². The van der Waals surface area contributed by atoms with Gasteiger partial charge in [-0.2, -0.15) is 8.42 Å². The molecule has 27 heavy (non-hydrogen) atoms.